The molecule has 2 amide bonds. The van der Waals surface area contributed by atoms with Crippen LogP contribution in [0.3, 0.4) is 0 Å². The zero-order chi connectivity index (χ0) is 16.2. The van der Waals surface area contributed by atoms with E-state index in [4.69, 9.17) is 5.73 Å². The van der Waals surface area contributed by atoms with Crippen molar-refractivity contribution in [3.63, 3.8) is 0 Å². The van der Waals surface area contributed by atoms with Gasteiger partial charge in [0, 0.05) is 25.0 Å². The van der Waals surface area contributed by atoms with E-state index in [0.717, 1.165) is 18.4 Å². The van der Waals surface area contributed by atoms with E-state index >= 15 is 0 Å². The van der Waals surface area contributed by atoms with Gasteiger partial charge in [-0.05, 0) is 37.2 Å². The van der Waals surface area contributed by atoms with E-state index < -0.39 is 5.91 Å². The molecule has 2 heterocycles. The highest BCUT2D eigenvalue weighted by Crippen LogP contribution is 2.33. The Bertz CT molecular complexity index is 555. The first-order valence-electron chi connectivity index (χ1n) is 8.46. The summed E-state index contributed by atoms with van der Waals surface area (Å²) in [6, 6.07) is 10.9. The van der Waals surface area contributed by atoms with Crippen LogP contribution in [0, 0.1) is 5.92 Å². The minimum absolute atomic E-state index is 0. The van der Waals surface area contributed by atoms with Gasteiger partial charge in [-0.3, -0.25) is 9.59 Å². The number of nitrogens with two attached hydrogens (primary N) is 1. The van der Waals surface area contributed by atoms with Crippen molar-refractivity contribution in [2.24, 2.45) is 11.7 Å². The average Bonchev–Trinajstić information content (AvgIpc) is 2.86. The second-order valence-corrected chi connectivity index (χ2v) is 6.88. The number of amides is 2. The fourth-order valence-corrected chi connectivity index (χ4v) is 3.94. The van der Waals surface area contributed by atoms with Crippen LogP contribution in [0.5, 0.6) is 0 Å². The number of halogens is 1. The summed E-state index contributed by atoms with van der Waals surface area (Å²) in [5.74, 6) is 0.00557. The molecule has 0 aliphatic carbocycles. The lowest BCUT2D eigenvalue weighted by Crippen LogP contribution is -2.42. The first-order valence-corrected chi connectivity index (χ1v) is 8.46. The summed E-state index contributed by atoms with van der Waals surface area (Å²) in [6.07, 6.45) is 5.11. The standard InChI is InChI=1S/C18H25N3O2.ClH/c19-17(22)12-21(11-13-4-2-1-3-5-13)18(23)10-14-8-15-6-7-16(9-14)20-15;/h1-5,14-16,20H,6-12H2,(H2,19,22);1H. The normalized spacial score (nSPS) is 24.9. The topological polar surface area (TPSA) is 75.4 Å². The minimum atomic E-state index is -0.459. The van der Waals surface area contributed by atoms with Crippen molar-refractivity contribution in [1.82, 2.24) is 10.2 Å². The molecule has 2 bridgehead atoms. The maximum atomic E-state index is 12.7. The van der Waals surface area contributed by atoms with E-state index in [9.17, 15) is 9.59 Å². The largest absolute Gasteiger partial charge is 0.368 e. The van der Waals surface area contributed by atoms with Crippen LogP contribution in [-0.2, 0) is 16.1 Å². The van der Waals surface area contributed by atoms with E-state index in [2.05, 4.69) is 5.32 Å². The first kappa shape index (κ1) is 18.7. The van der Waals surface area contributed by atoms with Gasteiger partial charge in [0.1, 0.15) is 0 Å². The van der Waals surface area contributed by atoms with Gasteiger partial charge in [0.2, 0.25) is 11.8 Å². The molecule has 3 rings (SSSR count). The van der Waals surface area contributed by atoms with Crippen LogP contribution < -0.4 is 11.1 Å². The number of hydrogen-bond donors (Lipinski definition) is 2. The number of piperidine rings is 1. The molecule has 0 aromatic heterocycles. The number of carbonyl (C=O) groups excluding carboxylic acids is 2. The molecule has 2 saturated heterocycles. The molecule has 2 atom stereocenters. The van der Waals surface area contributed by atoms with E-state index in [-0.39, 0.29) is 24.9 Å². The van der Waals surface area contributed by atoms with Crippen LogP contribution >= 0.6 is 12.4 Å². The first-order chi connectivity index (χ1) is 11.1. The van der Waals surface area contributed by atoms with Crippen molar-refractivity contribution in [3.05, 3.63) is 35.9 Å². The number of nitrogens with zero attached hydrogens (tertiary/aromatic N) is 1. The van der Waals surface area contributed by atoms with Crippen LogP contribution in [-0.4, -0.2) is 35.3 Å². The number of carbonyl (C=O) groups is 2. The minimum Gasteiger partial charge on any atom is -0.368 e. The smallest absolute Gasteiger partial charge is 0.237 e. The van der Waals surface area contributed by atoms with Crippen molar-refractivity contribution in [2.75, 3.05) is 6.54 Å². The maximum absolute atomic E-state index is 12.7. The molecule has 1 aromatic rings. The molecule has 3 N–H and O–H groups in total. The molecule has 24 heavy (non-hydrogen) atoms. The molecule has 132 valence electrons. The zero-order valence-corrected chi connectivity index (χ0v) is 14.6. The molecule has 2 aliphatic heterocycles. The predicted molar refractivity (Wildman–Crippen MR) is 95.6 cm³/mol. The molecule has 2 aliphatic rings. The lowest BCUT2D eigenvalue weighted by atomic mass is 9.89. The number of rotatable bonds is 6. The molecule has 2 fully saturated rings. The van der Waals surface area contributed by atoms with Gasteiger partial charge in [-0.15, -0.1) is 12.4 Å². The third-order valence-corrected chi connectivity index (χ3v) is 4.95. The molecule has 6 heteroatoms. The second kappa shape index (κ2) is 8.49. The summed E-state index contributed by atoms with van der Waals surface area (Å²) < 4.78 is 0. The van der Waals surface area contributed by atoms with Gasteiger partial charge >= 0.3 is 0 Å². The Morgan fingerprint density at radius 1 is 1.12 bits per heavy atom. The van der Waals surface area contributed by atoms with Crippen LogP contribution in [0.1, 0.15) is 37.7 Å². The van der Waals surface area contributed by atoms with Gasteiger partial charge < -0.3 is 16.0 Å². The van der Waals surface area contributed by atoms with Gasteiger partial charge in [0.25, 0.3) is 0 Å². The monoisotopic (exact) mass is 351 g/mol. The van der Waals surface area contributed by atoms with Crippen molar-refractivity contribution in [2.45, 2.75) is 50.7 Å². The van der Waals surface area contributed by atoms with Crippen LogP contribution in [0.4, 0.5) is 0 Å². The lowest BCUT2D eigenvalue weighted by molar-refractivity contribution is -0.136. The number of benzene rings is 1. The summed E-state index contributed by atoms with van der Waals surface area (Å²) in [4.78, 5) is 25.6. The fraction of sp³-hybridized carbons (Fsp3) is 0.556. The van der Waals surface area contributed by atoms with Crippen molar-refractivity contribution >= 4 is 24.2 Å². The SMILES string of the molecule is Cl.NC(=O)CN(Cc1ccccc1)C(=O)CC1CC2CCC(C1)N2. The molecule has 5 nitrogen and oxygen atoms in total. The van der Waals surface area contributed by atoms with E-state index in [0.29, 0.717) is 31.0 Å². The molecule has 0 radical (unpaired) electrons. The van der Waals surface area contributed by atoms with E-state index in [1.807, 2.05) is 30.3 Å². The van der Waals surface area contributed by atoms with Gasteiger partial charge in [-0.1, -0.05) is 30.3 Å². The molecule has 2 unspecified atom stereocenters. The van der Waals surface area contributed by atoms with Crippen LogP contribution in [0.15, 0.2) is 30.3 Å². The highest BCUT2D eigenvalue weighted by Gasteiger charge is 2.34. The predicted octanol–water partition coefficient (Wildman–Crippen LogP) is 1.84. The zero-order valence-electron chi connectivity index (χ0n) is 13.8. The average molecular weight is 352 g/mol. The van der Waals surface area contributed by atoms with Crippen molar-refractivity contribution < 1.29 is 9.59 Å². The molecule has 1 aromatic carbocycles. The third-order valence-electron chi connectivity index (χ3n) is 4.95. The van der Waals surface area contributed by atoms with Crippen LogP contribution in [0.2, 0.25) is 0 Å². The number of nitrogens with one attached hydrogen (secondary N) is 1. The van der Waals surface area contributed by atoms with E-state index in [1.54, 1.807) is 4.90 Å². The summed E-state index contributed by atoms with van der Waals surface area (Å²) in [5.41, 5.74) is 6.35. The molecular weight excluding hydrogens is 326 g/mol. The highest BCUT2D eigenvalue weighted by molar-refractivity contribution is 5.85. The van der Waals surface area contributed by atoms with Crippen molar-refractivity contribution in [3.8, 4) is 0 Å². The quantitative estimate of drug-likeness (QED) is 0.821. The van der Waals surface area contributed by atoms with E-state index in [1.165, 1.54) is 12.8 Å². The van der Waals surface area contributed by atoms with Gasteiger partial charge in [-0.25, -0.2) is 0 Å². The van der Waals surface area contributed by atoms with Crippen LogP contribution in [0.25, 0.3) is 0 Å². The second-order valence-electron chi connectivity index (χ2n) is 6.88. The Balaban J connectivity index is 0.00000208. The molecular formula is C18H26ClN3O2. The summed E-state index contributed by atoms with van der Waals surface area (Å²) in [6.45, 7) is 0.437. The maximum Gasteiger partial charge on any atom is 0.237 e. The number of primary amides is 1. The number of fused-ring (bicyclic) bond motifs is 2. The Hall–Kier alpha value is -1.59. The van der Waals surface area contributed by atoms with Gasteiger partial charge in [0.15, 0.2) is 0 Å². The Labute approximate surface area is 149 Å². The summed E-state index contributed by atoms with van der Waals surface area (Å²) >= 11 is 0. The third kappa shape index (κ3) is 4.95. The van der Waals surface area contributed by atoms with Gasteiger partial charge in [-0.2, -0.15) is 0 Å². The summed E-state index contributed by atoms with van der Waals surface area (Å²) in [5, 5.41) is 3.60. The number of hydrogen-bond acceptors (Lipinski definition) is 3. The highest BCUT2D eigenvalue weighted by atomic mass is 35.5. The lowest BCUT2D eigenvalue weighted by Gasteiger charge is -2.30. The van der Waals surface area contributed by atoms with Gasteiger partial charge in [0.05, 0.1) is 6.54 Å². The Morgan fingerprint density at radius 3 is 2.33 bits per heavy atom. The summed E-state index contributed by atoms with van der Waals surface area (Å²) in [7, 11) is 0. The Morgan fingerprint density at radius 2 is 1.75 bits per heavy atom. The fourth-order valence-electron chi connectivity index (χ4n) is 3.94. The molecule has 0 spiro atoms. The van der Waals surface area contributed by atoms with Crippen molar-refractivity contribution in [1.29, 1.82) is 0 Å². The Kier molecular flexibility index (Phi) is 6.63. The molecule has 0 saturated carbocycles.